The average Bonchev–Trinajstić information content (AvgIpc) is 2.83. The van der Waals surface area contributed by atoms with Crippen LogP contribution in [0.2, 0.25) is 0 Å². The Morgan fingerprint density at radius 3 is 2.44 bits per heavy atom. The number of alkyl halides is 3. The number of carbonyl (C=O) groups excluding carboxylic acids is 1. The molecule has 1 heterocycles. The molecule has 0 radical (unpaired) electrons. The topological polar surface area (TPSA) is 46.9 Å². The fourth-order valence-electron chi connectivity index (χ4n) is 3.16. The van der Waals surface area contributed by atoms with Crippen molar-refractivity contribution in [2.75, 3.05) is 5.32 Å². The highest BCUT2D eigenvalue weighted by Crippen LogP contribution is 2.33. The molecule has 8 heteroatoms. The van der Waals surface area contributed by atoms with Gasteiger partial charge in [-0.25, -0.2) is 4.68 Å². The number of carbonyl (C=O) groups is 1. The molecule has 1 aromatic heterocycles. The summed E-state index contributed by atoms with van der Waals surface area (Å²) in [7, 11) is 1.06. The number of anilines is 1. The maximum absolute atomic E-state index is 14.0. The van der Waals surface area contributed by atoms with E-state index in [1.165, 1.54) is 0 Å². The van der Waals surface area contributed by atoms with Crippen LogP contribution in [0.4, 0.5) is 23.2 Å². The molecule has 0 aliphatic carbocycles. The summed E-state index contributed by atoms with van der Waals surface area (Å²) in [4.78, 5) is 12.3. The van der Waals surface area contributed by atoms with E-state index in [9.17, 15) is 22.4 Å². The summed E-state index contributed by atoms with van der Waals surface area (Å²) in [6, 6.07) is 7.13. The number of aromatic nitrogens is 2. The van der Waals surface area contributed by atoms with Crippen molar-refractivity contribution in [2.45, 2.75) is 45.7 Å². The molecule has 0 aliphatic rings. The van der Waals surface area contributed by atoms with Crippen molar-refractivity contribution >= 4 is 11.6 Å². The number of hydrogen-bond donors (Lipinski definition) is 1. The minimum absolute atomic E-state index is 0.155. The van der Waals surface area contributed by atoms with E-state index >= 15 is 0 Å². The molecule has 1 amide bonds. The largest absolute Gasteiger partial charge is 0.435 e. The van der Waals surface area contributed by atoms with Gasteiger partial charge in [-0.15, -0.1) is 0 Å². The molecule has 148 valence electrons. The van der Waals surface area contributed by atoms with Gasteiger partial charge in [-0.2, -0.15) is 22.7 Å². The molecule has 2 aromatic rings. The van der Waals surface area contributed by atoms with Crippen LogP contribution >= 0.6 is 0 Å². The Labute approximate surface area is 155 Å². The molecule has 0 bridgehead atoms. The summed E-state index contributed by atoms with van der Waals surface area (Å²) in [5, 5.41) is 5.77. The summed E-state index contributed by atoms with van der Waals surface area (Å²) >= 11 is 0. The third-order valence-electron chi connectivity index (χ3n) is 4.27. The maximum atomic E-state index is 14.0. The van der Waals surface area contributed by atoms with Crippen molar-refractivity contribution in [1.29, 1.82) is 0 Å². The number of halogens is 4. The predicted molar refractivity (Wildman–Crippen MR) is 94.8 cm³/mol. The van der Waals surface area contributed by atoms with Crippen LogP contribution in [0.1, 0.15) is 49.9 Å². The van der Waals surface area contributed by atoms with Crippen molar-refractivity contribution in [3.05, 3.63) is 47.0 Å². The van der Waals surface area contributed by atoms with E-state index in [0.29, 0.717) is 16.3 Å². The van der Waals surface area contributed by atoms with Gasteiger partial charge in [0.2, 0.25) is 11.9 Å². The Balaban J connectivity index is 2.23. The van der Waals surface area contributed by atoms with Gasteiger partial charge in [-0.3, -0.25) is 4.79 Å². The van der Waals surface area contributed by atoms with Crippen LogP contribution in [-0.2, 0) is 24.4 Å². The molecule has 0 saturated heterocycles. The first-order chi connectivity index (χ1) is 12.5. The van der Waals surface area contributed by atoms with Crippen LogP contribution in [0.15, 0.2) is 24.3 Å². The number of rotatable bonds is 6. The molecule has 0 spiro atoms. The summed E-state index contributed by atoms with van der Waals surface area (Å²) in [5.74, 6) is -1.29. The third kappa shape index (κ3) is 5.08. The van der Waals surface area contributed by atoms with Gasteiger partial charge in [0, 0.05) is 18.3 Å². The van der Waals surface area contributed by atoms with Crippen LogP contribution in [0.5, 0.6) is 0 Å². The van der Waals surface area contributed by atoms with Crippen LogP contribution in [0, 0.1) is 11.9 Å². The Kier molecular flexibility index (Phi) is 6.28. The second-order valence-corrected chi connectivity index (χ2v) is 7.08. The predicted octanol–water partition coefficient (Wildman–Crippen LogP) is 4.91. The quantitative estimate of drug-likeness (QED) is 0.719. The van der Waals surface area contributed by atoms with E-state index in [1.54, 1.807) is 12.1 Å². The van der Waals surface area contributed by atoms with Gasteiger partial charge in [0.15, 0.2) is 5.69 Å². The van der Waals surface area contributed by atoms with Gasteiger partial charge in [0.1, 0.15) is 0 Å². The lowest BCUT2D eigenvalue weighted by molar-refractivity contribution is -0.142. The summed E-state index contributed by atoms with van der Waals surface area (Å²) in [6.07, 6.45) is -4.69. The summed E-state index contributed by atoms with van der Waals surface area (Å²) < 4.78 is 53.6. The van der Waals surface area contributed by atoms with E-state index < -0.39 is 35.7 Å². The van der Waals surface area contributed by atoms with Gasteiger partial charge >= 0.3 is 6.18 Å². The molecule has 0 aliphatic heterocycles. The fourth-order valence-corrected chi connectivity index (χ4v) is 3.16. The zero-order valence-corrected chi connectivity index (χ0v) is 15.7. The normalized spacial score (nSPS) is 13.1. The van der Waals surface area contributed by atoms with E-state index in [-0.39, 0.29) is 5.92 Å². The van der Waals surface area contributed by atoms with Gasteiger partial charge < -0.3 is 5.32 Å². The van der Waals surface area contributed by atoms with Crippen molar-refractivity contribution < 1.29 is 22.4 Å². The maximum Gasteiger partial charge on any atom is 0.435 e. The first-order valence-corrected chi connectivity index (χ1v) is 8.68. The second kappa shape index (κ2) is 8.10. The standard InChI is InChI=1S/C19H23F4N3O/c1-11(2)9-12(3)13-7-5-6-8-15(13)24-16(27)10-14-17(19(21,22)23)25-26(4)18(14)20/h5-8,11-12H,9-10H2,1-4H3,(H,24,27). The summed E-state index contributed by atoms with van der Waals surface area (Å²) in [6.45, 7) is 6.19. The molecule has 1 N–H and O–H groups in total. The average molecular weight is 385 g/mol. The molecule has 27 heavy (non-hydrogen) atoms. The van der Waals surface area contributed by atoms with Crippen LogP contribution < -0.4 is 5.32 Å². The number of hydrogen-bond acceptors (Lipinski definition) is 2. The molecule has 0 saturated carbocycles. The van der Waals surface area contributed by atoms with Crippen molar-refractivity contribution in [1.82, 2.24) is 9.78 Å². The molecular weight excluding hydrogens is 362 g/mol. The van der Waals surface area contributed by atoms with Crippen LogP contribution in [0.3, 0.4) is 0 Å². The fraction of sp³-hybridized carbons (Fsp3) is 0.474. The van der Waals surface area contributed by atoms with E-state index in [4.69, 9.17) is 0 Å². The number of benzene rings is 1. The summed E-state index contributed by atoms with van der Waals surface area (Å²) in [5.41, 5.74) is -0.718. The van der Waals surface area contributed by atoms with E-state index in [1.807, 2.05) is 19.1 Å². The highest BCUT2D eigenvalue weighted by atomic mass is 19.4. The zero-order chi connectivity index (χ0) is 20.4. The lowest BCUT2D eigenvalue weighted by Gasteiger charge is -2.18. The number of amides is 1. The second-order valence-electron chi connectivity index (χ2n) is 7.08. The minimum atomic E-state index is -4.83. The van der Waals surface area contributed by atoms with Gasteiger partial charge in [0.25, 0.3) is 0 Å². The lowest BCUT2D eigenvalue weighted by Crippen LogP contribution is -2.19. The minimum Gasteiger partial charge on any atom is -0.326 e. The Morgan fingerprint density at radius 2 is 1.85 bits per heavy atom. The number of nitrogens with one attached hydrogen (secondary N) is 1. The highest BCUT2D eigenvalue weighted by Gasteiger charge is 2.39. The van der Waals surface area contributed by atoms with Crippen LogP contribution in [0.25, 0.3) is 0 Å². The molecule has 1 atom stereocenters. The molecule has 2 rings (SSSR count). The molecule has 1 aromatic carbocycles. The Hall–Kier alpha value is -2.38. The van der Waals surface area contributed by atoms with Crippen LogP contribution in [-0.4, -0.2) is 15.7 Å². The van der Waals surface area contributed by atoms with Crippen molar-refractivity contribution in [3.8, 4) is 0 Å². The number of aryl methyl sites for hydroxylation is 1. The smallest absolute Gasteiger partial charge is 0.326 e. The molecular formula is C19H23F4N3O. The van der Waals surface area contributed by atoms with Gasteiger partial charge in [0.05, 0.1) is 6.42 Å². The zero-order valence-electron chi connectivity index (χ0n) is 15.7. The van der Waals surface area contributed by atoms with Gasteiger partial charge in [-0.1, -0.05) is 39.0 Å². The number of nitrogens with zero attached hydrogens (tertiary/aromatic N) is 2. The van der Waals surface area contributed by atoms with Gasteiger partial charge in [-0.05, 0) is 29.9 Å². The number of para-hydroxylation sites is 1. The lowest BCUT2D eigenvalue weighted by atomic mass is 9.91. The first-order valence-electron chi connectivity index (χ1n) is 8.68. The van der Waals surface area contributed by atoms with Crippen molar-refractivity contribution in [2.24, 2.45) is 13.0 Å². The third-order valence-corrected chi connectivity index (χ3v) is 4.27. The molecule has 0 fully saturated rings. The monoisotopic (exact) mass is 385 g/mol. The first kappa shape index (κ1) is 20.9. The van der Waals surface area contributed by atoms with Crippen molar-refractivity contribution in [3.63, 3.8) is 0 Å². The Bertz CT molecular complexity index is 812. The highest BCUT2D eigenvalue weighted by molar-refractivity contribution is 5.93. The molecule has 1 unspecified atom stereocenters. The molecule has 4 nitrogen and oxygen atoms in total. The van der Waals surface area contributed by atoms with E-state index in [0.717, 1.165) is 19.0 Å². The Morgan fingerprint density at radius 1 is 1.22 bits per heavy atom. The van der Waals surface area contributed by atoms with E-state index in [2.05, 4.69) is 24.3 Å². The SMILES string of the molecule is CC(C)CC(C)c1ccccc1NC(=O)Cc1c(C(F)(F)F)nn(C)c1F.